The third-order valence-electron chi connectivity index (χ3n) is 2.91. The molecule has 5 nitrogen and oxygen atoms in total. The Bertz CT molecular complexity index is 469. The second-order valence-electron chi connectivity index (χ2n) is 4.35. The Balaban J connectivity index is 1.75. The van der Waals surface area contributed by atoms with Crippen LogP contribution in [-0.2, 0) is 14.3 Å². The minimum atomic E-state index is -0.625. The average Bonchev–Trinajstić information content (AvgIpc) is 2.93. The predicted molar refractivity (Wildman–Crippen MR) is 70.0 cm³/mol. The molecule has 0 spiro atoms. The maximum absolute atomic E-state index is 11.6. The van der Waals surface area contributed by atoms with Crippen LogP contribution in [0.4, 0.5) is 0 Å². The van der Waals surface area contributed by atoms with Crippen LogP contribution in [0.2, 0.25) is 0 Å². The summed E-state index contributed by atoms with van der Waals surface area (Å²) in [5.41, 5.74) is 0. The number of hydrogen-bond acceptors (Lipinski definition) is 5. The van der Waals surface area contributed by atoms with Crippen molar-refractivity contribution in [1.29, 1.82) is 0 Å². The molecule has 2 rings (SSSR count). The molecule has 1 fully saturated rings. The lowest BCUT2D eigenvalue weighted by molar-refractivity contribution is -0.155. The van der Waals surface area contributed by atoms with Gasteiger partial charge in [-0.15, -0.1) is 11.3 Å². The molecule has 0 radical (unpaired) electrons. The van der Waals surface area contributed by atoms with E-state index in [1.807, 2.05) is 0 Å². The lowest BCUT2D eigenvalue weighted by Crippen LogP contribution is -2.36. The molecule has 1 aromatic rings. The molecule has 0 unspecified atom stereocenters. The number of Topliss-reactive ketones (excluding diaryl/α,β-unsaturated/α-hetero) is 1. The largest absolute Gasteiger partial charge is 0.453 e. The Morgan fingerprint density at radius 1 is 1.42 bits per heavy atom. The second-order valence-corrected chi connectivity index (χ2v) is 5.30. The Morgan fingerprint density at radius 2 is 2.26 bits per heavy atom. The van der Waals surface area contributed by atoms with Crippen molar-refractivity contribution >= 4 is 29.0 Å². The van der Waals surface area contributed by atoms with Crippen molar-refractivity contribution in [3.63, 3.8) is 0 Å². The van der Waals surface area contributed by atoms with Crippen molar-refractivity contribution in [2.75, 3.05) is 6.54 Å². The molecule has 0 bridgehead atoms. The van der Waals surface area contributed by atoms with Gasteiger partial charge in [-0.1, -0.05) is 6.07 Å². The van der Waals surface area contributed by atoms with Gasteiger partial charge in [-0.3, -0.25) is 14.4 Å². The Morgan fingerprint density at radius 3 is 2.95 bits per heavy atom. The first-order chi connectivity index (χ1) is 9.16. The first-order valence-electron chi connectivity index (χ1n) is 6.20. The van der Waals surface area contributed by atoms with Gasteiger partial charge in [0, 0.05) is 6.42 Å². The minimum Gasteiger partial charge on any atom is -0.453 e. The van der Waals surface area contributed by atoms with E-state index in [4.69, 9.17) is 4.74 Å². The van der Waals surface area contributed by atoms with E-state index in [-0.39, 0.29) is 18.2 Å². The van der Waals surface area contributed by atoms with Gasteiger partial charge in [0.05, 0.1) is 4.88 Å². The minimum absolute atomic E-state index is 0.0239. The van der Waals surface area contributed by atoms with Gasteiger partial charge in [0.2, 0.25) is 0 Å². The molecular weight excluding hydrogens is 266 g/mol. The average molecular weight is 281 g/mol. The van der Waals surface area contributed by atoms with Gasteiger partial charge in [-0.2, -0.15) is 0 Å². The number of ketones is 1. The van der Waals surface area contributed by atoms with Gasteiger partial charge in [-0.05, 0) is 30.7 Å². The van der Waals surface area contributed by atoms with Crippen LogP contribution >= 0.6 is 11.3 Å². The van der Waals surface area contributed by atoms with Crippen LogP contribution in [0.25, 0.3) is 0 Å². The standard InChI is InChI=1S/C13H15NO4S/c15-9-4-1-2-5-10(9)18-12(16)8-14-13(17)11-6-3-7-19-11/h3,6-7,10H,1-2,4-5,8H2,(H,14,17)/t10-/m0/s1. The first-order valence-corrected chi connectivity index (χ1v) is 7.08. The fraction of sp³-hybridized carbons (Fsp3) is 0.462. The van der Waals surface area contributed by atoms with Gasteiger partial charge in [0.25, 0.3) is 5.91 Å². The van der Waals surface area contributed by atoms with E-state index in [1.165, 1.54) is 11.3 Å². The number of hydrogen-bond donors (Lipinski definition) is 1. The monoisotopic (exact) mass is 281 g/mol. The summed E-state index contributed by atoms with van der Waals surface area (Å²) < 4.78 is 5.07. The van der Waals surface area contributed by atoms with Crippen molar-refractivity contribution < 1.29 is 19.1 Å². The molecule has 1 N–H and O–H groups in total. The highest BCUT2D eigenvalue weighted by Gasteiger charge is 2.25. The van der Waals surface area contributed by atoms with E-state index < -0.39 is 12.1 Å². The highest BCUT2D eigenvalue weighted by molar-refractivity contribution is 7.12. The summed E-state index contributed by atoms with van der Waals surface area (Å²) in [7, 11) is 0. The highest BCUT2D eigenvalue weighted by Crippen LogP contribution is 2.17. The molecule has 1 saturated carbocycles. The van der Waals surface area contributed by atoms with E-state index in [1.54, 1.807) is 17.5 Å². The Hall–Kier alpha value is -1.69. The molecule has 1 atom stereocenters. The van der Waals surface area contributed by atoms with Gasteiger partial charge < -0.3 is 10.1 Å². The van der Waals surface area contributed by atoms with Crippen LogP contribution in [0, 0.1) is 0 Å². The van der Waals surface area contributed by atoms with E-state index in [0.717, 1.165) is 12.8 Å². The highest BCUT2D eigenvalue weighted by atomic mass is 32.1. The van der Waals surface area contributed by atoms with Gasteiger partial charge in [0.1, 0.15) is 6.54 Å². The van der Waals surface area contributed by atoms with Crippen molar-refractivity contribution in [2.24, 2.45) is 0 Å². The maximum Gasteiger partial charge on any atom is 0.326 e. The third-order valence-corrected chi connectivity index (χ3v) is 3.78. The van der Waals surface area contributed by atoms with Crippen LogP contribution in [0.1, 0.15) is 35.4 Å². The van der Waals surface area contributed by atoms with Crippen molar-refractivity contribution in [3.05, 3.63) is 22.4 Å². The molecule has 0 aliphatic heterocycles. The van der Waals surface area contributed by atoms with Crippen LogP contribution in [0.15, 0.2) is 17.5 Å². The molecule has 0 saturated heterocycles. The topological polar surface area (TPSA) is 72.5 Å². The number of thiophene rings is 1. The van der Waals surface area contributed by atoms with Gasteiger partial charge >= 0.3 is 5.97 Å². The number of nitrogens with one attached hydrogen (secondary N) is 1. The summed E-state index contributed by atoms with van der Waals surface area (Å²) in [4.78, 5) is 35.2. The molecule has 1 heterocycles. The van der Waals surface area contributed by atoms with Gasteiger partial charge in [0.15, 0.2) is 11.9 Å². The number of carbonyl (C=O) groups excluding carboxylic acids is 3. The molecule has 6 heteroatoms. The van der Waals surface area contributed by atoms with E-state index in [0.29, 0.717) is 17.7 Å². The smallest absolute Gasteiger partial charge is 0.326 e. The molecule has 1 aromatic heterocycles. The number of rotatable bonds is 4. The first kappa shape index (κ1) is 13.7. The summed E-state index contributed by atoms with van der Waals surface area (Å²) >= 11 is 1.30. The number of ether oxygens (including phenoxy) is 1. The third kappa shape index (κ3) is 3.89. The number of carbonyl (C=O) groups is 3. The van der Waals surface area contributed by atoms with E-state index in [9.17, 15) is 14.4 Å². The summed E-state index contributed by atoms with van der Waals surface area (Å²) in [6.45, 7) is -0.208. The van der Waals surface area contributed by atoms with E-state index >= 15 is 0 Å². The lowest BCUT2D eigenvalue weighted by atomic mass is 9.96. The van der Waals surface area contributed by atoms with Crippen molar-refractivity contribution in [3.8, 4) is 0 Å². The second kappa shape index (κ2) is 6.47. The Kier molecular flexibility index (Phi) is 4.68. The SMILES string of the molecule is O=C(CNC(=O)c1cccs1)O[C@H]1CCCCC1=O. The Labute approximate surface area is 114 Å². The zero-order valence-corrected chi connectivity index (χ0v) is 11.2. The summed E-state index contributed by atoms with van der Waals surface area (Å²) in [5, 5.41) is 4.26. The van der Waals surface area contributed by atoms with Crippen LogP contribution in [0.3, 0.4) is 0 Å². The molecular formula is C13H15NO4S. The summed E-state index contributed by atoms with van der Waals surface area (Å²) in [5.74, 6) is -0.892. The molecule has 1 aliphatic carbocycles. The maximum atomic E-state index is 11.6. The van der Waals surface area contributed by atoms with Crippen LogP contribution in [0.5, 0.6) is 0 Å². The number of esters is 1. The van der Waals surface area contributed by atoms with Gasteiger partial charge in [-0.25, -0.2) is 0 Å². The van der Waals surface area contributed by atoms with E-state index in [2.05, 4.69) is 5.32 Å². The fourth-order valence-corrected chi connectivity index (χ4v) is 2.56. The summed E-state index contributed by atoms with van der Waals surface area (Å²) in [6.07, 6.45) is 2.19. The van der Waals surface area contributed by atoms with Crippen LogP contribution < -0.4 is 5.32 Å². The van der Waals surface area contributed by atoms with Crippen molar-refractivity contribution in [2.45, 2.75) is 31.8 Å². The molecule has 102 valence electrons. The molecule has 19 heavy (non-hydrogen) atoms. The fourth-order valence-electron chi connectivity index (χ4n) is 1.92. The lowest BCUT2D eigenvalue weighted by Gasteiger charge is -2.20. The normalized spacial score (nSPS) is 18.9. The molecule has 1 amide bonds. The summed E-state index contributed by atoms with van der Waals surface area (Å²) in [6, 6.07) is 3.44. The zero-order chi connectivity index (χ0) is 13.7. The number of amides is 1. The molecule has 1 aliphatic rings. The van der Waals surface area contributed by atoms with Crippen LogP contribution in [-0.4, -0.2) is 30.3 Å². The molecule has 0 aromatic carbocycles. The van der Waals surface area contributed by atoms with Crippen molar-refractivity contribution in [1.82, 2.24) is 5.32 Å². The quantitative estimate of drug-likeness (QED) is 0.850. The predicted octanol–water partition coefficient (Wildman–Crippen LogP) is 1.53. The zero-order valence-electron chi connectivity index (χ0n) is 10.4.